The molecular formula is C14H19N3O2. The second kappa shape index (κ2) is 6.68. The van der Waals surface area contributed by atoms with E-state index < -0.39 is 5.97 Å². The SMILES string of the molecule is C=C(N=CC=C(CC)C(=O)O)n1ccnc1C(C)C. The summed E-state index contributed by atoms with van der Waals surface area (Å²) in [7, 11) is 0. The predicted molar refractivity (Wildman–Crippen MR) is 76.1 cm³/mol. The predicted octanol–water partition coefficient (Wildman–Crippen LogP) is 2.93. The van der Waals surface area contributed by atoms with Crippen LogP contribution in [0, 0.1) is 0 Å². The molecule has 0 fully saturated rings. The van der Waals surface area contributed by atoms with Gasteiger partial charge in [0, 0.05) is 30.1 Å². The highest BCUT2D eigenvalue weighted by Gasteiger charge is 2.08. The lowest BCUT2D eigenvalue weighted by Gasteiger charge is -2.08. The summed E-state index contributed by atoms with van der Waals surface area (Å²) in [5.74, 6) is 0.728. The molecule has 0 spiro atoms. The van der Waals surface area contributed by atoms with Crippen LogP contribution in [0.4, 0.5) is 0 Å². The molecule has 5 heteroatoms. The van der Waals surface area contributed by atoms with E-state index in [0.29, 0.717) is 17.8 Å². The van der Waals surface area contributed by atoms with Crippen molar-refractivity contribution < 1.29 is 9.90 Å². The van der Waals surface area contributed by atoms with Crippen molar-refractivity contribution in [3.05, 3.63) is 36.4 Å². The van der Waals surface area contributed by atoms with E-state index in [1.54, 1.807) is 23.9 Å². The number of hydrogen-bond donors (Lipinski definition) is 1. The largest absolute Gasteiger partial charge is 0.478 e. The molecule has 0 aliphatic rings. The van der Waals surface area contributed by atoms with E-state index in [1.165, 1.54) is 12.3 Å². The molecule has 0 unspecified atom stereocenters. The molecule has 1 N–H and O–H groups in total. The first-order valence-electron chi connectivity index (χ1n) is 6.16. The molecule has 0 aromatic carbocycles. The zero-order valence-electron chi connectivity index (χ0n) is 11.5. The summed E-state index contributed by atoms with van der Waals surface area (Å²) < 4.78 is 1.79. The molecule has 1 rings (SSSR count). The Hall–Kier alpha value is -2.17. The molecule has 102 valence electrons. The molecule has 0 saturated heterocycles. The zero-order chi connectivity index (χ0) is 14.4. The molecule has 19 heavy (non-hydrogen) atoms. The quantitative estimate of drug-likeness (QED) is 0.632. The maximum atomic E-state index is 10.8. The molecule has 1 aromatic rings. The van der Waals surface area contributed by atoms with E-state index in [9.17, 15) is 4.79 Å². The Bertz CT molecular complexity index is 525. The maximum absolute atomic E-state index is 10.8. The van der Waals surface area contributed by atoms with Crippen LogP contribution in [-0.4, -0.2) is 26.8 Å². The average Bonchev–Trinajstić information content (AvgIpc) is 2.83. The number of hydrogen-bond acceptors (Lipinski definition) is 3. The minimum atomic E-state index is -0.926. The fourth-order valence-electron chi connectivity index (χ4n) is 1.58. The number of nitrogens with zero attached hydrogens (tertiary/aromatic N) is 3. The van der Waals surface area contributed by atoms with Gasteiger partial charge in [0.05, 0.1) is 0 Å². The van der Waals surface area contributed by atoms with Gasteiger partial charge < -0.3 is 5.11 Å². The fourth-order valence-corrected chi connectivity index (χ4v) is 1.58. The van der Waals surface area contributed by atoms with Gasteiger partial charge >= 0.3 is 5.97 Å². The number of carboxylic acids is 1. The van der Waals surface area contributed by atoms with Crippen LogP contribution in [0.15, 0.2) is 35.6 Å². The lowest BCUT2D eigenvalue weighted by molar-refractivity contribution is -0.132. The molecule has 5 nitrogen and oxygen atoms in total. The Balaban J connectivity index is 2.85. The first-order valence-corrected chi connectivity index (χ1v) is 6.16. The minimum absolute atomic E-state index is 0.266. The van der Waals surface area contributed by atoms with Crippen LogP contribution < -0.4 is 0 Å². The van der Waals surface area contributed by atoms with E-state index in [0.717, 1.165) is 5.82 Å². The first-order chi connectivity index (χ1) is 8.97. The Morgan fingerprint density at radius 1 is 1.63 bits per heavy atom. The van der Waals surface area contributed by atoms with Gasteiger partial charge in [-0.3, -0.25) is 4.57 Å². The molecule has 1 heterocycles. The monoisotopic (exact) mass is 261 g/mol. The lowest BCUT2D eigenvalue weighted by atomic mass is 10.2. The lowest BCUT2D eigenvalue weighted by Crippen LogP contribution is -2.02. The number of allylic oxidation sites excluding steroid dienone is 1. The van der Waals surface area contributed by atoms with Crippen LogP contribution in [0.3, 0.4) is 0 Å². The number of carbonyl (C=O) groups is 1. The van der Waals surface area contributed by atoms with E-state index in [-0.39, 0.29) is 5.92 Å². The van der Waals surface area contributed by atoms with Crippen LogP contribution >= 0.6 is 0 Å². The van der Waals surface area contributed by atoms with Crippen LogP contribution in [0.25, 0.3) is 5.82 Å². The van der Waals surface area contributed by atoms with Gasteiger partial charge in [0.15, 0.2) is 0 Å². The van der Waals surface area contributed by atoms with E-state index >= 15 is 0 Å². The third-order valence-corrected chi connectivity index (χ3v) is 2.62. The first kappa shape index (κ1) is 14.9. The smallest absolute Gasteiger partial charge is 0.331 e. The Morgan fingerprint density at radius 3 is 2.84 bits per heavy atom. The van der Waals surface area contributed by atoms with Crippen molar-refractivity contribution in [2.75, 3.05) is 0 Å². The number of aliphatic imine (C=N–C) groups is 1. The van der Waals surface area contributed by atoms with Gasteiger partial charge in [-0.25, -0.2) is 14.8 Å². The van der Waals surface area contributed by atoms with Gasteiger partial charge in [-0.2, -0.15) is 0 Å². The standard InChI is InChI=1S/C14H19N3O2/c1-5-12(14(18)19)6-7-15-11(4)17-9-8-16-13(17)10(2)3/h6-10H,4-5H2,1-3H3,(H,18,19). The van der Waals surface area contributed by atoms with Crippen molar-refractivity contribution in [1.82, 2.24) is 9.55 Å². The molecule has 0 aliphatic heterocycles. The summed E-state index contributed by atoms with van der Waals surface area (Å²) >= 11 is 0. The molecule has 0 amide bonds. The highest BCUT2D eigenvalue weighted by Crippen LogP contribution is 2.16. The van der Waals surface area contributed by atoms with Crippen molar-refractivity contribution in [2.45, 2.75) is 33.1 Å². The summed E-state index contributed by atoms with van der Waals surface area (Å²) in [4.78, 5) is 19.2. The summed E-state index contributed by atoms with van der Waals surface area (Å²) in [5, 5.41) is 8.87. The van der Waals surface area contributed by atoms with E-state index in [4.69, 9.17) is 5.11 Å². The average molecular weight is 261 g/mol. The van der Waals surface area contributed by atoms with Gasteiger partial charge in [-0.05, 0) is 12.5 Å². The Morgan fingerprint density at radius 2 is 2.32 bits per heavy atom. The second-order valence-corrected chi connectivity index (χ2v) is 4.36. The number of carboxylic acid groups (broad SMARTS) is 1. The summed E-state index contributed by atoms with van der Waals surface area (Å²) in [6.45, 7) is 9.72. The van der Waals surface area contributed by atoms with Gasteiger partial charge in [0.1, 0.15) is 11.6 Å². The summed E-state index contributed by atoms with van der Waals surface area (Å²) in [5.41, 5.74) is 0.311. The van der Waals surface area contributed by atoms with Crippen LogP contribution in [-0.2, 0) is 4.79 Å². The van der Waals surface area contributed by atoms with Crippen LogP contribution in [0.5, 0.6) is 0 Å². The third-order valence-electron chi connectivity index (χ3n) is 2.62. The minimum Gasteiger partial charge on any atom is -0.478 e. The molecule has 0 atom stereocenters. The molecular weight excluding hydrogens is 242 g/mol. The van der Waals surface area contributed by atoms with Crippen molar-refractivity contribution >= 4 is 18.0 Å². The molecule has 0 aliphatic carbocycles. The topological polar surface area (TPSA) is 67.5 Å². The molecule has 0 saturated carbocycles. The Labute approximate surface area is 113 Å². The van der Waals surface area contributed by atoms with E-state index in [1.807, 2.05) is 13.8 Å². The number of imidazole rings is 1. The Kier molecular flexibility index (Phi) is 5.23. The number of rotatable bonds is 6. The number of aromatic nitrogens is 2. The zero-order valence-corrected chi connectivity index (χ0v) is 11.5. The van der Waals surface area contributed by atoms with Crippen molar-refractivity contribution in [3.63, 3.8) is 0 Å². The highest BCUT2D eigenvalue weighted by atomic mass is 16.4. The second-order valence-electron chi connectivity index (χ2n) is 4.36. The van der Waals surface area contributed by atoms with Crippen molar-refractivity contribution in [1.29, 1.82) is 0 Å². The normalized spacial score (nSPS) is 12.3. The molecule has 1 aromatic heterocycles. The molecule has 0 bridgehead atoms. The maximum Gasteiger partial charge on any atom is 0.331 e. The van der Waals surface area contributed by atoms with Crippen molar-refractivity contribution in [2.24, 2.45) is 4.99 Å². The van der Waals surface area contributed by atoms with Gasteiger partial charge in [0.2, 0.25) is 0 Å². The van der Waals surface area contributed by atoms with Gasteiger partial charge in [0.25, 0.3) is 0 Å². The fraction of sp³-hybridized carbons (Fsp3) is 0.357. The van der Waals surface area contributed by atoms with Crippen LogP contribution in [0.1, 0.15) is 38.9 Å². The van der Waals surface area contributed by atoms with Gasteiger partial charge in [-0.15, -0.1) is 0 Å². The van der Waals surface area contributed by atoms with Crippen molar-refractivity contribution in [3.8, 4) is 0 Å². The third kappa shape index (κ3) is 3.91. The van der Waals surface area contributed by atoms with E-state index in [2.05, 4.69) is 16.6 Å². The summed E-state index contributed by atoms with van der Waals surface area (Å²) in [6.07, 6.45) is 6.88. The molecule has 0 radical (unpaired) electrons. The highest BCUT2D eigenvalue weighted by molar-refractivity contribution is 5.92. The van der Waals surface area contributed by atoms with Crippen LogP contribution in [0.2, 0.25) is 0 Å². The summed E-state index contributed by atoms with van der Waals surface area (Å²) in [6, 6.07) is 0. The number of aliphatic carboxylic acids is 1. The van der Waals surface area contributed by atoms with Gasteiger partial charge in [-0.1, -0.05) is 27.4 Å².